The summed E-state index contributed by atoms with van der Waals surface area (Å²) >= 11 is 1.21. The van der Waals surface area contributed by atoms with E-state index in [1.165, 1.54) is 30.6 Å². The van der Waals surface area contributed by atoms with Crippen LogP contribution in [-0.2, 0) is 0 Å². The van der Waals surface area contributed by atoms with Crippen LogP contribution in [0.4, 0.5) is 19.5 Å². The first-order valence-corrected chi connectivity index (χ1v) is 8.43. The fourth-order valence-electron chi connectivity index (χ4n) is 2.35. The third-order valence-corrected chi connectivity index (χ3v) is 4.79. The Morgan fingerprint density at radius 3 is 2.48 bits per heavy atom. The molecule has 1 heterocycles. The normalized spacial score (nSPS) is 10.5. The molecule has 6 nitrogen and oxygen atoms in total. The topological polar surface area (TPSA) is 82.0 Å². The molecule has 0 atom stereocenters. The second kappa shape index (κ2) is 7.60. The van der Waals surface area contributed by atoms with E-state index >= 15 is 0 Å². The predicted molar refractivity (Wildman–Crippen MR) is 97.5 cm³/mol. The lowest BCUT2D eigenvalue weighted by Crippen LogP contribution is -2.25. The van der Waals surface area contributed by atoms with Crippen LogP contribution in [-0.4, -0.2) is 23.4 Å². The highest BCUT2D eigenvalue weighted by atomic mass is 32.1. The Morgan fingerprint density at radius 1 is 1.15 bits per heavy atom. The summed E-state index contributed by atoms with van der Waals surface area (Å²) in [6, 6.07) is 11.2. The van der Waals surface area contributed by atoms with Gasteiger partial charge in [0.2, 0.25) is 0 Å². The largest absolute Gasteiger partial charge is 0.494 e. The Bertz CT molecular complexity index is 976. The number of nitrogens with one attached hydrogen (secondary N) is 1. The second-order valence-corrected chi connectivity index (χ2v) is 6.47. The van der Waals surface area contributed by atoms with Crippen molar-refractivity contribution in [1.29, 1.82) is 0 Å². The van der Waals surface area contributed by atoms with Gasteiger partial charge in [0, 0.05) is 10.9 Å². The van der Waals surface area contributed by atoms with Crippen LogP contribution in [0.1, 0.15) is 10.4 Å². The van der Waals surface area contributed by atoms with Crippen molar-refractivity contribution in [2.75, 3.05) is 17.7 Å². The molecule has 0 aliphatic heterocycles. The number of rotatable bonds is 6. The maximum atomic E-state index is 13.9. The minimum absolute atomic E-state index is 0.0410. The molecule has 3 rings (SSSR count). The van der Waals surface area contributed by atoms with Crippen LogP contribution < -0.4 is 15.3 Å². The Balaban J connectivity index is 1.83. The van der Waals surface area contributed by atoms with Crippen molar-refractivity contribution >= 4 is 28.0 Å². The number of benzene rings is 2. The fourth-order valence-corrected chi connectivity index (χ4v) is 3.24. The monoisotopic (exact) mass is 392 g/mol. The summed E-state index contributed by atoms with van der Waals surface area (Å²) in [5.41, 5.74) is 2.81. The van der Waals surface area contributed by atoms with Gasteiger partial charge < -0.3 is 9.84 Å². The van der Waals surface area contributed by atoms with Crippen LogP contribution in [0.2, 0.25) is 0 Å². The number of nitrogens with zero attached hydrogens (tertiary/aromatic N) is 1. The molecule has 0 saturated heterocycles. The Morgan fingerprint density at radius 2 is 1.85 bits per heavy atom. The number of halogens is 2. The Kier molecular flexibility index (Phi) is 5.24. The molecule has 0 amide bonds. The number of ether oxygens (including phenoxy) is 1. The van der Waals surface area contributed by atoms with Gasteiger partial charge in [-0.15, -0.1) is 11.3 Å². The van der Waals surface area contributed by atoms with Gasteiger partial charge in [-0.05, 0) is 35.9 Å². The minimum Gasteiger partial charge on any atom is -0.494 e. The van der Waals surface area contributed by atoms with Gasteiger partial charge in [-0.25, -0.2) is 13.6 Å². The van der Waals surface area contributed by atoms with Gasteiger partial charge in [-0.1, -0.05) is 12.1 Å². The molecule has 3 aromatic rings. The number of aromatic carboxylic acids is 1. The summed E-state index contributed by atoms with van der Waals surface area (Å²) in [7, 11) is 1.30. The molecule has 0 saturated carbocycles. The highest BCUT2D eigenvalue weighted by Crippen LogP contribution is 2.35. The van der Waals surface area contributed by atoms with E-state index in [1.54, 1.807) is 24.3 Å². The Labute approximate surface area is 156 Å². The fraction of sp³-hybridized carbons (Fsp3) is 0.0556. The number of hydrogen-bond donors (Lipinski definition) is 3. The Hall–Kier alpha value is -3.17. The SMILES string of the molecule is COc1cc(C(=O)O)c(F)cc1NN(O)c1ccc(-c2ccc(F)cc2)s1. The molecule has 0 aliphatic carbocycles. The van der Waals surface area contributed by atoms with E-state index in [4.69, 9.17) is 9.84 Å². The molecular weight excluding hydrogens is 378 g/mol. The number of methoxy groups -OCH3 is 1. The molecule has 2 aromatic carbocycles. The van der Waals surface area contributed by atoms with Gasteiger partial charge in [0.1, 0.15) is 28.1 Å². The first-order chi connectivity index (χ1) is 12.9. The molecule has 9 heteroatoms. The van der Waals surface area contributed by atoms with Gasteiger partial charge in [0.25, 0.3) is 0 Å². The second-order valence-electron chi connectivity index (χ2n) is 5.41. The molecule has 0 radical (unpaired) electrons. The van der Waals surface area contributed by atoms with Crippen molar-refractivity contribution < 1.29 is 28.6 Å². The zero-order valence-electron chi connectivity index (χ0n) is 13.9. The molecule has 0 aliphatic rings. The summed E-state index contributed by atoms with van der Waals surface area (Å²) < 4.78 is 32.0. The number of carboxylic acid groups (broad SMARTS) is 1. The van der Waals surface area contributed by atoms with Crippen molar-refractivity contribution in [1.82, 2.24) is 0 Å². The standard InChI is InChI=1S/C18H14F2N2O4S/c1-26-15-8-12(18(23)24)13(20)9-14(15)21-22(25)17-7-6-16(27-17)10-2-4-11(19)5-3-10/h2-9,21,25H,1H3,(H,23,24). The van der Waals surface area contributed by atoms with Crippen molar-refractivity contribution in [3.05, 3.63) is 65.7 Å². The zero-order chi connectivity index (χ0) is 19.6. The molecule has 140 valence electrons. The predicted octanol–water partition coefficient (Wildman–Crippen LogP) is 4.62. The lowest BCUT2D eigenvalue weighted by atomic mass is 10.2. The maximum Gasteiger partial charge on any atom is 0.338 e. The van der Waals surface area contributed by atoms with Crippen LogP contribution in [0.15, 0.2) is 48.5 Å². The highest BCUT2D eigenvalue weighted by Gasteiger charge is 2.18. The van der Waals surface area contributed by atoms with Gasteiger partial charge in [-0.3, -0.25) is 10.6 Å². The summed E-state index contributed by atoms with van der Waals surface area (Å²) in [6.07, 6.45) is 0. The van der Waals surface area contributed by atoms with Crippen molar-refractivity contribution in [3.8, 4) is 16.2 Å². The van der Waals surface area contributed by atoms with Crippen LogP contribution >= 0.6 is 11.3 Å². The molecule has 3 N–H and O–H groups in total. The summed E-state index contributed by atoms with van der Waals surface area (Å²) in [4.78, 5) is 11.8. The quantitative estimate of drug-likeness (QED) is 0.531. The molecular formula is C18H14F2N2O4S. The van der Waals surface area contributed by atoms with Crippen molar-refractivity contribution in [2.45, 2.75) is 0 Å². The van der Waals surface area contributed by atoms with E-state index < -0.39 is 17.3 Å². The van der Waals surface area contributed by atoms with E-state index in [-0.39, 0.29) is 17.3 Å². The number of carbonyl (C=O) groups is 1. The minimum atomic E-state index is -1.43. The van der Waals surface area contributed by atoms with Crippen molar-refractivity contribution in [2.24, 2.45) is 0 Å². The average molecular weight is 392 g/mol. The summed E-state index contributed by atoms with van der Waals surface area (Å²) in [5, 5.41) is 20.2. The molecule has 0 spiro atoms. The van der Waals surface area contributed by atoms with E-state index in [1.807, 2.05) is 0 Å². The van der Waals surface area contributed by atoms with E-state index in [0.29, 0.717) is 10.2 Å². The van der Waals surface area contributed by atoms with Crippen LogP contribution in [0.3, 0.4) is 0 Å². The molecule has 0 fully saturated rings. The van der Waals surface area contributed by atoms with Crippen LogP contribution in [0.5, 0.6) is 5.75 Å². The molecule has 0 bridgehead atoms. The van der Waals surface area contributed by atoms with Gasteiger partial charge in [0.15, 0.2) is 0 Å². The number of hydrazine groups is 1. The average Bonchev–Trinajstić information content (AvgIpc) is 3.12. The lowest BCUT2D eigenvalue weighted by Gasteiger charge is -2.19. The van der Waals surface area contributed by atoms with Crippen molar-refractivity contribution in [3.63, 3.8) is 0 Å². The first kappa shape index (κ1) is 18.6. The summed E-state index contributed by atoms with van der Waals surface area (Å²) in [5.74, 6) is -2.71. The number of thiophene rings is 1. The van der Waals surface area contributed by atoms with E-state index in [9.17, 15) is 18.8 Å². The highest BCUT2D eigenvalue weighted by molar-refractivity contribution is 7.19. The van der Waals surface area contributed by atoms with Crippen LogP contribution in [0, 0.1) is 11.6 Å². The van der Waals surface area contributed by atoms with E-state index in [2.05, 4.69) is 5.43 Å². The van der Waals surface area contributed by atoms with Crippen LogP contribution in [0.25, 0.3) is 10.4 Å². The summed E-state index contributed by atoms with van der Waals surface area (Å²) in [6.45, 7) is 0. The number of carboxylic acids is 1. The van der Waals surface area contributed by atoms with Gasteiger partial charge in [-0.2, -0.15) is 5.17 Å². The third kappa shape index (κ3) is 3.99. The maximum absolute atomic E-state index is 13.9. The molecule has 0 unspecified atom stereocenters. The van der Waals surface area contributed by atoms with E-state index in [0.717, 1.165) is 22.6 Å². The van der Waals surface area contributed by atoms with Gasteiger partial charge in [0.05, 0.1) is 12.7 Å². The lowest BCUT2D eigenvalue weighted by molar-refractivity contribution is 0.0691. The number of anilines is 2. The first-order valence-electron chi connectivity index (χ1n) is 7.61. The molecule has 1 aromatic heterocycles. The third-order valence-electron chi connectivity index (χ3n) is 3.68. The zero-order valence-corrected chi connectivity index (χ0v) is 14.8. The number of hydrogen-bond acceptors (Lipinski definition) is 6. The smallest absolute Gasteiger partial charge is 0.338 e. The van der Waals surface area contributed by atoms with Gasteiger partial charge >= 0.3 is 5.97 Å². The molecule has 27 heavy (non-hydrogen) atoms.